The average molecular weight is 454 g/mol. The van der Waals surface area contributed by atoms with E-state index in [2.05, 4.69) is 11.8 Å². The fourth-order valence-electron chi connectivity index (χ4n) is 10.7. The second kappa shape index (κ2) is 6.88. The molecule has 5 aliphatic carbocycles. The Labute approximate surface area is 189 Å². The number of fused-ring (bicyclic) bond motifs is 2. The van der Waals surface area contributed by atoms with Gasteiger partial charge in [0.1, 0.15) is 11.7 Å². The lowest BCUT2D eigenvalue weighted by molar-refractivity contribution is -0.297. The standard InChI is InChI=1S/C24H39NO7/c1-5-25-9-22(10-30-2)7-6-13(26)23-12-8-11-16(27)14(12)24(29,21(28)17(11)31-3)15(20(23)25)18(32-4)19(22)23/h11-21,26-29H,5-10H2,1-4H3/t11-,12+,13-,14+,15+,16-,17+,18+,19+,20-,21-,22-,23+,24-/m0/s1. The Morgan fingerprint density at radius 1 is 1.03 bits per heavy atom. The topological polar surface area (TPSA) is 112 Å². The number of hydrogen-bond donors (Lipinski definition) is 4. The molecule has 4 N–H and O–H groups in total. The van der Waals surface area contributed by atoms with Crippen molar-refractivity contribution in [2.24, 2.45) is 40.4 Å². The molecular weight excluding hydrogens is 414 g/mol. The van der Waals surface area contributed by atoms with Gasteiger partial charge in [-0.1, -0.05) is 6.92 Å². The van der Waals surface area contributed by atoms with Crippen molar-refractivity contribution in [3.8, 4) is 0 Å². The maximum Gasteiger partial charge on any atom is 0.110 e. The van der Waals surface area contributed by atoms with Gasteiger partial charge in [-0.15, -0.1) is 0 Å². The Morgan fingerprint density at radius 3 is 2.38 bits per heavy atom. The minimum absolute atomic E-state index is 0.000250. The number of likely N-dealkylation sites (tertiary alicyclic amines) is 1. The van der Waals surface area contributed by atoms with Crippen molar-refractivity contribution in [2.75, 3.05) is 41.0 Å². The van der Waals surface area contributed by atoms with Crippen LogP contribution in [0.15, 0.2) is 0 Å². The molecule has 7 bridgehead atoms. The molecule has 14 atom stereocenters. The molecule has 1 saturated heterocycles. The van der Waals surface area contributed by atoms with Crippen LogP contribution in [-0.2, 0) is 14.2 Å². The Balaban J connectivity index is 1.64. The molecule has 0 radical (unpaired) electrons. The summed E-state index contributed by atoms with van der Waals surface area (Å²) in [6, 6.07) is -0.120. The van der Waals surface area contributed by atoms with Crippen molar-refractivity contribution in [2.45, 2.75) is 68.3 Å². The van der Waals surface area contributed by atoms with Crippen LogP contribution in [-0.4, -0.2) is 109 Å². The predicted octanol–water partition coefficient (Wildman–Crippen LogP) is -0.527. The molecular formula is C24H39NO7. The van der Waals surface area contributed by atoms with E-state index in [0.717, 1.165) is 19.5 Å². The number of aliphatic hydroxyl groups is 4. The first kappa shape index (κ1) is 22.2. The van der Waals surface area contributed by atoms with E-state index in [1.165, 1.54) is 0 Å². The van der Waals surface area contributed by atoms with Gasteiger partial charge in [-0.3, -0.25) is 4.90 Å². The zero-order chi connectivity index (χ0) is 22.8. The average Bonchev–Trinajstić information content (AvgIpc) is 3.19. The van der Waals surface area contributed by atoms with Crippen LogP contribution in [0.2, 0.25) is 0 Å². The summed E-state index contributed by atoms with van der Waals surface area (Å²) >= 11 is 0. The smallest absolute Gasteiger partial charge is 0.110 e. The van der Waals surface area contributed by atoms with Crippen molar-refractivity contribution < 1.29 is 34.6 Å². The zero-order valence-electron chi connectivity index (χ0n) is 19.6. The van der Waals surface area contributed by atoms with E-state index in [1.807, 2.05) is 0 Å². The van der Waals surface area contributed by atoms with E-state index in [1.54, 1.807) is 21.3 Å². The first-order valence-electron chi connectivity index (χ1n) is 12.3. The summed E-state index contributed by atoms with van der Waals surface area (Å²) in [5.74, 6) is -1.29. The molecule has 32 heavy (non-hydrogen) atoms. The highest BCUT2D eigenvalue weighted by molar-refractivity contribution is 5.36. The Bertz CT molecular complexity index is 783. The number of aliphatic hydroxyl groups excluding tert-OH is 3. The van der Waals surface area contributed by atoms with Crippen molar-refractivity contribution in [1.82, 2.24) is 4.90 Å². The molecule has 1 aliphatic heterocycles. The quantitative estimate of drug-likeness (QED) is 0.440. The van der Waals surface area contributed by atoms with Crippen LogP contribution in [0.1, 0.15) is 26.2 Å². The summed E-state index contributed by atoms with van der Waals surface area (Å²) in [5, 5.41) is 47.3. The van der Waals surface area contributed by atoms with Crippen LogP contribution in [0.5, 0.6) is 0 Å². The third kappa shape index (κ3) is 2.07. The van der Waals surface area contributed by atoms with Crippen LogP contribution >= 0.6 is 0 Å². The molecule has 0 aromatic heterocycles. The van der Waals surface area contributed by atoms with Gasteiger partial charge in [0.25, 0.3) is 0 Å². The molecule has 0 aromatic carbocycles. The van der Waals surface area contributed by atoms with Gasteiger partial charge in [0.2, 0.25) is 0 Å². The molecule has 8 nitrogen and oxygen atoms in total. The lowest BCUT2D eigenvalue weighted by Gasteiger charge is -2.69. The molecule has 8 heteroatoms. The maximum absolute atomic E-state index is 12.5. The van der Waals surface area contributed by atoms with E-state index in [9.17, 15) is 20.4 Å². The second-order valence-electron chi connectivity index (χ2n) is 11.6. The first-order valence-corrected chi connectivity index (χ1v) is 12.3. The highest BCUT2D eigenvalue weighted by atomic mass is 16.5. The van der Waals surface area contributed by atoms with E-state index >= 15 is 0 Å². The number of hydrogen-bond acceptors (Lipinski definition) is 8. The van der Waals surface area contributed by atoms with Gasteiger partial charge in [-0.2, -0.15) is 0 Å². The van der Waals surface area contributed by atoms with Gasteiger partial charge in [0, 0.05) is 68.4 Å². The van der Waals surface area contributed by atoms with Gasteiger partial charge >= 0.3 is 0 Å². The maximum atomic E-state index is 12.5. The molecule has 0 aromatic rings. The van der Waals surface area contributed by atoms with Gasteiger partial charge in [0.05, 0.1) is 31.0 Å². The van der Waals surface area contributed by atoms with Crippen molar-refractivity contribution in [1.29, 1.82) is 0 Å². The van der Waals surface area contributed by atoms with E-state index in [4.69, 9.17) is 14.2 Å². The van der Waals surface area contributed by atoms with E-state index in [0.29, 0.717) is 19.4 Å². The molecule has 0 amide bonds. The van der Waals surface area contributed by atoms with Crippen LogP contribution in [0.4, 0.5) is 0 Å². The largest absolute Gasteiger partial charge is 0.392 e. The molecule has 0 unspecified atom stereocenters. The van der Waals surface area contributed by atoms with Gasteiger partial charge in [0.15, 0.2) is 0 Å². The lowest BCUT2D eigenvalue weighted by atomic mass is 9.43. The third-order valence-corrected chi connectivity index (χ3v) is 11.2. The molecule has 1 spiro atoms. The zero-order valence-corrected chi connectivity index (χ0v) is 19.6. The molecule has 6 rings (SSSR count). The SMILES string of the molecule is CCN1C[C@]2(COC)CC[C@H](O)[C@]34[C@@H]5C[C@H]6[C@H](O)[C@@H]5[C@](O)([C@H]([C@@H](OC)[C@H]23)[C@H]14)[C@@H](O)[C@@H]6OC. The molecule has 6 fully saturated rings. The van der Waals surface area contributed by atoms with Crippen molar-refractivity contribution >= 4 is 0 Å². The summed E-state index contributed by atoms with van der Waals surface area (Å²) in [6.07, 6.45) is -1.22. The normalized spacial score (nSPS) is 62.4. The number of rotatable bonds is 5. The summed E-state index contributed by atoms with van der Waals surface area (Å²) in [7, 11) is 4.98. The highest BCUT2D eigenvalue weighted by Crippen LogP contribution is 2.79. The fraction of sp³-hybridized carbons (Fsp3) is 1.00. The minimum Gasteiger partial charge on any atom is -0.392 e. The number of ether oxygens (including phenoxy) is 3. The fourth-order valence-corrected chi connectivity index (χ4v) is 10.7. The Hall–Kier alpha value is -0.320. The number of methoxy groups -OCH3 is 3. The molecule has 6 aliphatic rings. The number of nitrogens with zero attached hydrogens (tertiary/aromatic N) is 1. The Morgan fingerprint density at radius 2 is 1.75 bits per heavy atom. The summed E-state index contributed by atoms with van der Waals surface area (Å²) in [6.45, 7) is 4.33. The van der Waals surface area contributed by atoms with Gasteiger partial charge in [-0.05, 0) is 31.7 Å². The van der Waals surface area contributed by atoms with Gasteiger partial charge < -0.3 is 34.6 Å². The van der Waals surface area contributed by atoms with Crippen LogP contribution in [0.25, 0.3) is 0 Å². The van der Waals surface area contributed by atoms with Crippen LogP contribution in [0.3, 0.4) is 0 Å². The molecule has 182 valence electrons. The Kier molecular flexibility index (Phi) is 4.76. The second-order valence-corrected chi connectivity index (χ2v) is 11.6. The number of piperidine rings is 1. The monoisotopic (exact) mass is 453 g/mol. The van der Waals surface area contributed by atoms with E-state index < -0.39 is 47.3 Å². The summed E-state index contributed by atoms with van der Waals surface area (Å²) in [4.78, 5) is 2.42. The summed E-state index contributed by atoms with van der Waals surface area (Å²) < 4.78 is 17.7. The highest BCUT2D eigenvalue weighted by Gasteiger charge is 2.87. The first-order chi connectivity index (χ1) is 15.3. The molecule has 5 saturated carbocycles. The predicted molar refractivity (Wildman–Crippen MR) is 114 cm³/mol. The summed E-state index contributed by atoms with van der Waals surface area (Å²) in [5.41, 5.74) is -2.24. The third-order valence-electron chi connectivity index (χ3n) is 11.2. The van der Waals surface area contributed by atoms with Crippen LogP contribution < -0.4 is 0 Å². The molecule has 1 heterocycles. The van der Waals surface area contributed by atoms with E-state index in [-0.39, 0.29) is 35.3 Å². The van der Waals surface area contributed by atoms with Crippen LogP contribution in [0, 0.1) is 40.4 Å². The van der Waals surface area contributed by atoms with Crippen molar-refractivity contribution in [3.05, 3.63) is 0 Å². The lowest BCUT2D eigenvalue weighted by Crippen LogP contribution is -2.78. The minimum atomic E-state index is -1.54. The van der Waals surface area contributed by atoms with Crippen molar-refractivity contribution in [3.63, 3.8) is 0 Å². The van der Waals surface area contributed by atoms with Gasteiger partial charge in [-0.25, -0.2) is 0 Å².